The molecule has 0 saturated carbocycles. The normalized spacial score (nSPS) is 21.9. The van der Waals surface area contributed by atoms with Crippen LogP contribution in [0.15, 0.2) is 119 Å². The molecule has 4 heterocycles. The topological polar surface area (TPSA) is 160 Å². The Labute approximate surface area is 351 Å². The maximum absolute atomic E-state index is 13.8. The number of methoxy groups -OCH3 is 1. The number of sulfonamides is 2. The summed E-state index contributed by atoms with van der Waals surface area (Å²) in [6.07, 6.45) is -1.88. The van der Waals surface area contributed by atoms with E-state index in [4.69, 9.17) is 14.2 Å². The fourth-order valence-corrected chi connectivity index (χ4v) is 11.8. The first-order valence-corrected chi connectivity index (χ1v) is 22.6. The van der Waals surface area contributed by atoms with Crippen molar-refractivity contribution in [2.75, 3.05) is 22.3 Å². The molecule has 2 fully saturated rings. The summed E-state index contributed by atoms with van der Waals surface area (Å²) in [5.41, 5.74) is 1.36. The van der Waals surface area contributed by atoms with E-state index in [9.17, 15) is 31.2 Å². The van der Waals surface area contributed by atoms with Crippen LogP contribution < -0.4 is 8.61 Å². The monoisotopic (exact) mass is 858 g/mol. The van der Waals surface area contributed by atoms with Crippen LogP contribution >= 0.6 is 0 Å². The standard InChI is InChI=1S/C23H26N2O6S.C21H24N2O4S/c1-23(2,3)31-22(27)24-19(21(26)30-4)14-17-16-12-8-9-13-18(16)25(20(17)24)32(28,29)15-10-6-5-7-11-15;1-21(2,3)27-20(24)22-14-13-17-16-11-7-8-12-18(16)23(19(17)22)28(25,26)15-9-5-4-6-10-15/h5-13,17,19-20H,14H2,1-4H3;4-12,17,19H,13-14H2,1-3H3/t17-,19-,20+;17-,19+/m11/s1. The molecule has 14 nitrogen and oxygen atoms in total. The molecule has 0 bridgehead atoms. The molecular weight excluding hydrogens is 809 g/mol. The van der Waals surface area contributed by atoms with Crippen LogP contribution in [0.3, 0.4) is 0 Å². The summed E-state index contributed by atoms with van der Waals surface area (Å²) in [7, 11) is -6.63. The van der Waals surface area contributed by atoms with Crippen molar-refractivity contribution >= 4 is 49.6 Å². The largest absolute Gasteiger partial charge is 0.467 e. The van der Waals surface area contributed by atoms with Crippen molar-refractivity contribution in [3.63, 3.8) is 0 Å². The molecule has 16 heteroatoms. The molecule has 0 spiro atoms. The molecule has 60 heavy (non-hydrogen) atoms. The number of rotatable bonds is 5. The zero-order chi connectivity index (χ0) is 43.4. The highest BCUT2D eigenvalue weighted by Gasteiger charge is 2.59. The summed E-state index contributed by atoms with van der Waals surface area (Å²) >= 11 is 0. The third kappa shape index (κ3) is 7.78. The van der Waals surface area contributed by atoms with E-state index >= 15 is 0 Å². The van der Waals surface area contributed by atoms with E-state index in [2.05, 4.69) is 0 Å². The Morgan fingerprint density at radius 3 is 1.50 bits per heavy atom. The Bertz CT molecular complexity index is 2490. The second-order valence-corrected chi connectivity index (χ2v) is 20.6. The van der Waals surface area contributed by atoms with E-state index in [1.54, 1.807) is 113 Å². The zero-order valence-corrected chi connectivity index (χ0v) is 36.2. The second-order valence-electron chi connectivity index (χ2n) is 17.0. The van der Waals surface area contributed by atoms with Crippen molar-refractivity contribution in [3.05, 3.63) is 120 Å². The molecule has 4 aliphatic rings. The molecule has 5 atom stereocenters. The van der Waals surface area contributed by atoms with Crippen LogP contribution in [0.25, 0.3) is 0 Å². The van der Waals surface area contributed by atoms with Crippen molar-refractivity contribution in [1.29, 1.82) is 0 Å². The second kappa shape index (κ2) is 15.8. The van der Waals surface area contributed by atoms with Crippen LogP contribution in [0, 0.1) is 0 Å². The number of esters is 1. The molecule has 4 aromatic rings. The maximum Gasteiger partial charge on any atom is 0.412 e. The lowest BCUT2D eigenvalue weighted by atomic mass is 9.96. The predicted octanol–water partition coefficient (Wildman–Crippen LogP) is 7.43. The number of carbonyl (C=O) groups excluding carboxylic acids is 3. The van der Waals surface area contributed by atoms with E-state index in [-0.39, 0.29) is 22.1 Å². The van der Waals surface area contributed by atoms with Crippen LogP contribution in [-0.4, -0.2) is 88.0 Å². The number of anilines is 2. The molecule has 2 saturated heterocycles. The summed E-state index contributed by atoms with van der Waals surface area (Å²) in [6, 6.07) is 30.0. The number of amides is 2. The van der Waals surface area contributed by atoms with Gasteiger partial charge in [-0.1, -0.05) is 72.8 Å². The Hall–Kier alpha value is -5.61. The van der Waals surface area contributed by atoms with Gasteiger partial charge in [-0.3, -0.25) is 9.80 Å². The van der Waals surface area contributed by atoms with Gasteiger partial charge in [0.25, 0.3) is 20.0 Å². The van der Waals surface area contributed by atoms with Gasteiger partial charge >= 0.3 is 18.2 Å². The van der Waals surface area contributed by atoms with E-state index in [1.807, 2.05) is 30.3 Å². The smallest absolute Gasteiger partial charge is 0.412 e. The van der Waals surface area contributed by atoms with Gasteiger partial charge in [-0.15, -0.1) is 0 Å². The predicted molar refractivity (Wildman–Crippen MR) is 224 cm³/mol. The van der Waals surface area contributed by atoms with Gasteiger partial charge in [0.1, 0.15) is 29.6 Å². The summed E-state index contributed by atoms with van der Waals surface area (Å²) in [5, 5.41) is 0. The minimum absolute atomic E-state index is 0.0674. The number of fused-ring (bicyclic) bond motifs is 6. The fraction of sp³-hybridized carbons (Fsp3) is 0.386. The van der Waals surface area contributed by atoms with Crippen LogP contribution in [-0.2, 0) is 39.1 Å². The summed E-state index contributed by atoms with van der Waals surface area (Å²) in [4.78, 5) is 41.8. The lowest BCUT2D eigenvalue weighted by Crippen LogP contribution is -2.54. The molecule has 0 unspecified atom stereocenters. The molecule has 8 rings (SSSR count). The van der Waals surface area contributed by atoms with Gasteiger partial charge in [0.15, 0.2) is 0 Å². The molecule has 0 aromatic heterocycles. The van der Waals surface area contributed by atoms with Gasteiger partial charge in [-0.2, -0.15) is 0 Å². The van der Waals surface area contributed by atoms with Crippen molar-refractivity contribution in [1.82, 2.24) is 9.80 Å². The minimum Gasteiger partial charge on any atom is -0.467 e. The fourth-order valence-electron chi connectivity index (χ4n) is 8.46. The Kier molecular flexibility index (Phi) is 11.2. The molecular formula is C44H50N4O10S2. The average Bonchev–Trinajstić information content (AvgIpc) is 3.95. The number of hydrogen-bond donors (Lipinski definition) is 0. The van der Waals surface area contributed by atoms with Gasteiger partial charge in [-0.25, -0.2) is 39.8 Å². The Balaban J connectivity index is 0.000000183. The number of likely N-dealkylation sites (tertiary alicyclic amines) is 2. The van der Waals surface area contributed by atoms with Gasteiger partial charge in [0.05, 0.1) is 28.3 Å². The number of benzene rings is 4. The van der Waals surface area contributed by atoms with E-state index < -0.39 is 73.7 Å². The van der Waals surface area contributed by atoms with Crippen molar-refractivity contribution in [2.24, 2.45) is 0 Å². The summed E-state index contributed by atoms with van der Waals surface area (Å²) in [6.45, 7) is 11.0. The van der Waals surface area contributed by atoms with Crippen LogP contribution in [0.4, 0.5) is 21.0 Å². The van der Waals surface area contributed by atoms with E-state index in [0.717, 1.165) is 11.1 Å². The highest BCUT2D eigenvalue weighted by atomic mass is 32.2. The molecule has 0 radical (unpaired) electrons. The first-order valence-electron chi connectivity index (χ1n) is 19.7. The van der Waals surface area contributed by atoms with E-state index in [0.29, 0.717) is 24.3 Å². The Morgan fingerprint density at radius 2 is 1.02 bits per heavy atom. The number of carbonyl (C=O) groups is 3. The number of nitrogens with zero attached hydrogens (tertiary/aromatic N) is 4. The average molecular weight is 859 g/mol. The van der Waals surface area contributed by atoms with Crippen molar-refractivity contribution in [3.8, 4) is 0 Å². The van der Waals surface area contributed by atoms with Crippen LogP contribution in [0.1, 0.15) is 77.3 Å². The lowest BCUT2D eigenvalue weighted by Gasteiger charge is -2.36. The Morgan fingerprint density at radius 1 is 0.583 bits per heavy atom. The first-order chi connectivity index (χ1) is 28.3. The number of ether oxygens (including phenoxy) is 3. The van der Waals surface area contributed by atoms with Gasteiger partial charge in [0.2, 0.25) is 0 Å². The van der Waals surface area contributed by atoms with E-state index in [1.165, 1.54) is 32.8 Å². The minimum atomic E-state index is -4.04. The summed E-state index contributed by atoms with van der Waals surface area (Å²) in [5.74, 6) is -1.08. The third-order valence-corrected chi connectivity index (χ3v) is 14.3. The van der Waals surface area contributed by atoms with Gasteiger partial charge < -0.3 is 14.2 Å². The molecule has 4 aliphatic heterocycles. The highest BCUT2D eigenvalue weighted by molar-refractivity contribution is 7.93. The lowest BCUT2D eigenvalue weighted by molar-refractivity contribution is -0.146. The molecule has 2 amide bonds. The third-order valence-electron chi connectivity index (χ3n) is 10.8. The van der Waals surface area contributed by atoms with Crippen molar-refractivity contribution in [2.45, 2.75) is 106 Å². The molecule has 0 aliphatic carbocycles. The number of hydrogen-bond acceptors (Lipinski definition) is 10. The highest BCUT2D eigenvalue weighted by Crippen LogP contribution is 2.53. The van der Waals surface area contributed by atoms with Crippen molar-refractivity contribution < 1.29 is 45.4 Å². The van der Waals surface area contributed by atoms with Gasteiger partial charge in [-0.05, 0) is 102 Å². The van der Waals surface area contributed by atoms with Crippen LogP contribution in [0.2, 0.25) is 0 Å². The maximum atomic E-state index is 13.8. The van der Waals surface area contributed by atoms with Gasteiger partial charge in [0, 0.05) is 18.4 Å². The molecule has 4 aromatic carbocycles. The van der Waals surface area contributed by atoms with Crippen LogP contribution in [0.5, 0.6) is 0 Å². The quantitative estimate of drug-likeness (QED) is 0.146. The summed E-state index contributed by atoms with van der Waals surface area (Å²) < 4.78 is 73.4. The number of para-hydroxylation sites is 2. The SMILES string of the molecule is CC(C)(C)OC(=O)N1CC[C@@H]2c3ccccc3N(S(=O)(=O)c3ccccc3)[C@@H]21.COC(=O)[C@H]1C[C@@H]2c3ccccc3N(S(=O)(=O)c3ccccc3)[C@@H]2N1C(=O)OC(C)(C)C. The zero-order valence-electron chi connectivity index (χ0n) is 34.6. The first kappa shape index (κ1) is 42.5. The molecule has 0 N–H and O–H groups in total. The molecule has 318 valence electrons.